The Morgan fingerprint density at radius 1 is 1.23 bits per heavy atom. The van der Waals surface area contributed by atoms with E-state index in [0.717, 1.165) is 32.1 Å². The second kappa shape index (κ2) is 7.79. The van der Waals surface area contributed by atoms with Crippen molar-refractivity contribution in [3.05, 3.63) is 0 Å². The van der Waals surface area contributed by atoms with E-state index in [-0.39, 0.29) is 12.5 Å². The maximum absolute atomic E-state index is 12.0. The van der Waals surface area contributed by atoms with E-state index < -0.39 is 31.2 Å². The molecule has 1 fully saturated rings. The van der Waals surface area contributed by atoms with Gasteiger partial charge in [-0.05, 0) is 18.8 Å². The molecule has 22 heavy (non-hydrogen) atoms. The van der Waals surface area contributed by atoms with E-state index in [1.54, 1.807) is 20.8 Å². The Morgan fingerprint density at radius 3 is 2.23 bits per heavy atom. The molecule has 8 heteroatoms. The summed E-state index contributed by atoms with van der Waals surface area (Å²) < 4.78 is 35.1. The number of esters is 1. The van der Waals surface area contributed by atoms with Gasteiger partial charge in [0, 0.05) is 5.41 Å². The molecule has 0 saturated heterocycles. The molecule has 0 aromatic rings. The number of hydrogen-bond acceptors (Lipinski definition) is 6. The van der Waals surface area contributed by atoms with Gasteiger partial charge in [0.1, 0.15) is 0 Å². The average Bonchev–Trinajstić information content (AvgIpc) is 2.40. The Balaban J connectivity index is 2.67. The molecule has 1 atom stereocenters. The zero-order valence-electron chi connectivity index (χ0n) is 13.2. The van der Waals surface area contributed by atoms with E-state index >= 15 is 0 Å². The minimum atomic E-state index is -4.70. The summed E-state index contributed by atoms with van der Waals surface area (Å²) in [6, 6.07) is 0. The molecular weight excluding hydrogens is 328 g/mol. The van der Waals surface area contributed by atoms with Gasteiger partial charge in [0.25, 0.3) is 10.1 Å². The van der Waals surface area contributed by atoms with Crippen LogP contribution in [0.2, 0.25) is 0 Å². The molecule has 0 heterocycles. The summed E-state index contributed by atoms with van der Waals surface area (Å²) in [5.41, 5.74) is -0.822. The average molecular weight is 352 g/mol. The van der Waals surface area contributed by atoms with E-state index in [0.29, 0.717) is 11.8 Å². The van der Waals surface area contributed by atoms with E-state index in [4.69, 9.17) is 4.74 Å². The van der Waals surface area contributed by atoms with E-state index in [1.165, 1.54) is 0 Å². The van der Waals surface area contributed by atoms with Crippen molar-refractivity contribution in [3.63, 3.8) is 0 Å². The van der Waals surface area contributed by atoms with Crippen molar-refractivity contribution in [1.82, 2.24) is 0 Å². The molecule has 0 aromatic heterocycles. The fourth-order valence-electron chi connectivity index (χ4n) is 2.13. The molecular formula is C14H24O6S2. The molecule has 0 spiro atoms. The smallest absolute Gasteiger partial charge is 0.337 e. The molecule has 0 amide bonds. The predicted molar refractivity (Wildman–Crippen MR) is 84.9 cm³/mol. The first-order chi connectivity index (χ1) is 10.0. The van der Waals surface area contributed by atoms with Crippen molar-refractivity contribution in [2.45, 2.75) is 57.5 Å². The van der Waals surface area contributed by atoms with Crippen molar-refractivity contribution in [1.29, 1.82) is 0 Å². The van der Waals surface area contributed by atoms with Gasteiger partial charge in [-0.2, -0.15) is 8.42 Å². The largest absolute Gasteiger partial charge is 0.464 e. The van der Waals surface area contributed by atoms with Gasteiger partial charge in [0.2, 0.25) is 4.58 Å². The third-order valence-corrected chi connectivity index (χ3v) is 6.46. The van der Waals surface area contributed by atoms with E-state index in [1.807, 2.05) is 0 Å². The summed E-state index contributed by atoms with van der Waals surface area (Å²) in [5.74, 6) is -0.848. The molecule has 0 bridgehead atoms. The third-order valence-electron chi connectivity index (χ3n) is 3.48. The molecule has 1 unspecified atom stereocenters. The highest BCUT2D eigenvalue weighted by molar-refractivity contribution is 8.22. The summed E-state index contributed by atoms with van der Waals surface area (Å²) in [7, 11) is -4.70. The van der Waals surface area contributed by atoms with Crippen LogP contribution in [0.1, 0.15) is 52.9 Å². The summed E-state index contributed by atoms with van der Waals surface area (Å²) in [6.45, 7) is 4.96. The van der Waals surface area contributed by atoms with Gasteiger partial charge in [-0.1, -0.05) is 51.8 Å². The summed E-state index contributed by atoms with van der Waals surface area (Å²) in [6.07, 6.45) is 5.19. The quantitative estimate of drug-likeness (QED) is 0.600. The Hall–Kier alpha value is -0.600. The number of thioether (sulfide) groups is 1. The Kier molecular flexibility index (Phi) is 6.88. The lowest BCUT2D eigenvalue weighted by atomic mass is 9.90. The Bertz CT molecular complexity index is 500. The van der Waals surface area contributed by atoms with E-state index in [2.05, 4.69) is 0 Å². The molecule has 0 aliphatic heterocycles. The van der Waals surface area contributed by atoms with Gasteiger partial charge in [0.05, 0.1) is 6.61 Å². The summed E-state index contributed by atoms with van der Waals surface area (Å²) in [4.78, 5) is 23.9. The highest BCUT2D eigenvalue weighted by atomic mass is 32.3. The van der Waals surface area contributed by atoms with Crippen molar-refractivity contribution in [2.24, 2.45) is 11.3 Å². The molecule has 1 N–H and O–H groups in total. The first-order valence-electron chi connectivity index (χ1n) is 7.36. The number of carbonyl (C=O) groups excluding carboxylic acids is 2. The van der Waals surface area contributed by atoms with Gasteiger partial charge >= 0.3 is 5.97 Å². The van der Waals surface area contributed by atoms with Gasteiger partial charge in [-0.15, -0.1) is 0 Å². The lowest BCUT2D eigenvalue weighted by molar-refractivity contribution is -0.143. The molecule has 1 saturated carbocycles. The number of hydrogen-bond donors (Lipinski definition) is 1. The fraction of sp³-hybridized carbons (Fsp3) is 0.857. The molecule has 1 rings (SSSR count). The lowest BCUT2D eigenvalue weighted by Gasteiger charge is -2.23. The van der Waals surface area contributed by atoms with Crippen LogP contribution in [0.25, 0.3) is 0 Å². The zero-order chi connectivity index (χ0) is 17.0. The van der Waals surface area contributed by atoms with Gasteiger partial charge in [-0.3, -0.25) is 9.35 Å². The summed E-state index contributed by atoms with van der Waals surface area (Å²) in [5, 5.41) is -0.496. The van der Waals surface area contributed by atoms with Gasteiger partial charge in [0.15, 0.2) is 5.12 Å². The third kappa shape index (κ3) is 6.26. The van der Waals surface area contributed by atoms with Crippen LogP contribution >= 0.6 is 11.8 Å². The van der Waals surface area contributed by atoms with Crippen LogP contribution in [0.3, 0.4) is 0 Å². The van der Waals surface area contributed by atoms with Crippen LogP contribution < -0.4 is 0 Å². The summed E-state index contributed by atoms with van der Waals surface area (Å²) >= 11 is 0.302. The highest BCUT2D eigenvalue weighted by Gasteiger charge is 2.39. The lowest BCUT2D eigenvalue weighted by Crippen LogP contribution is -2.33. The number of rotatable bonds is 5. The topological polar surface area (TPSA) is 97.7 Å². The number of ether oxygens (including phenoxy) is 1. The van der Waals surface area contributed by atoms with Crippen LogP contribution in [0.4, 0.5) is 0 Å². The maximum Gasteiger partial charge on any atom is 0.337 e. The first kappa shape index (κ1) is 19.4. The van der Waals surface area contributed by atoms with E-state index in [9.17, 15) is 22.6 Å². The van der Waals surface area contributed by atoms with Crippen LogP contribution in [0, 0.1) is 11.3 Å². The molecule has 1 aliphatic rings. The van der Waals surface area contributed by atoms with Crippen molar-refractivity contribution < 1.29 is 27.3 Å². The van der Waals surface area contributed by atoms with Crippen molar-refractivity contribution in [3.8, 4) is 0 Å². The monoisotopic (exact) mass is 352 g/mol. The number of carbonyl (C=O) groups is 2. The normalized spacial score (nSPS) is 18.7. The van der Waals surface area contributed by atoms with Crippen LogP contribution in [-0.4, -0.2) is 35.2 Å². The van der Waals surface area contributed by atoms with Crippen LogP contribution in [-0.2, 0) is 24.4 Å². The predicted octanol–water partition coefficient (Wildman–Crippen LogP) is 2.63. The SMILES string of the molecule is CC(C)(C)C(=O)SC(C(=O)OCC1CCCCC1)S(=O)(=O)O. The minimum Gasteiger partial charge on any atom is -0.464 e. The second-order valence-corrected chi connectivity index (χ2v) is 9.51. The molecule has 1 aliphatic carbocycles. The molecule has 0 radical (unpaired) electrons. The van der Waals surface area contributed by atoms with Crippen molar-refractivity contribution >= 4 is 33.0 Å². The molecule has 0 aromatic carbocycles. The zero-order valence-corrected chi connectivity index (χ0v) is 14.8. The maximum atomic E-state index is 12.0. The second-order valence-electron chi connectivity index (χ2n) is 6.64. The Labute approximate surface area is 136 Å². The molecule has 6 nitrogen and oxygen atoms in total. The molecule has 128 valence electrons. The minimum absolute atomic E-state index is 0.134. The first-order valence-corrected chi connectivity index (χ1v) is 9.74. The Morgan fingerprint density at radius 2 is 1.77 bits per heavy atom. The van der Waals surface area contributed by atoms with Gasteiger partial charge < -0.3 is 4.74 Å². The standard InChI is InChI=1S/C14H24O6S2/c1-14(2,3)13(16)21-12(22(17,18)19)11(15)20-9-10-7-5-4-6-8-10/h10,12H,4-9H2,1-3H3,(H,17,18,19). The fourth-order valence-corrected chi connectivity index (χ4v) is 3.90. The van der Waals surface area contributed by atoms with Crippen LogP contribution in [0.15, 0.2) is 0 Å². The highest BCUT2D eigenvalue weighted by Crippen LogP contribution is 2.30. The van der Waals surface area contributed by atoms with Gasteiger partial charge in [-0.25, -0.2) is 4.79 Å². The van der Waals surface area contributed by atoms with Crippen LogP contribution in [0.5, 0.6) is 0 Å². The van der Waals surface area contributed by atoms with Crippen molar-refractivity contribution in [2.75, 3.05) is 6.61 Å².